The largest absolute Gasteiger partial charge is 0.418 e. The van der Waals surface area contributed by atoms with Crippen LogP contribution >= 0.6 is 0 Å². The number of alkyl halides is 3. The third-order valence-corrected chi connectivity index (χ3v) is 4.56. The zero-order valence-electron chi connectivity index (χ0n) is 15.0. The highest BCUT2D eigenvalue weighted by atomic mass is 19.4. The van der Waals surface area contributed by atoms with E-state index in [-0.39, 0.29) is 24.2 Å². The molecule has 0 aromatic heterocycles. The minimum absolute atomic E-state index is 0.217. The summed E-state index contributed by atoms with van der Waals surface area (Å²) < 4.78 is 38.9. The van der Waals surface area contributed by atoms with Crippen LogP contribution in [-0.4, -0.2) is 54.3 Å². The Morgan fingerprint density at radius 1 is 1.19 bits per heavy atom. The first-order valence-corrected chi connectivity index (χ1v) is 8.65. The van der Waals surface area contributed by atoms with E-state index in [0.29, 0.717) is 0 Å². The van der Waals surface area contributed by atoms with E-state index < -0.39 is 17.6 Å². The van der Waals surface area contributed by atoms with Gasteiger partial charge in [-0.2, -0.15) is 13.2 Å². The van der Waals surface area contributed by atoms with Gasteiger partial charge in [-0.25, -0.2) is 0 Å². The summed E-state index contributed by atoms with van der Waals surface area (Å²) >= 11 is 0. The van der Waals surface area contributed by atoms with Gasteiger partial charge in [0.15, 0.2) is 0 Å². The van der Waals surface area contributed by atoms with Crippen LogP contribution in [0.4, 0.5) is 18.9 Å². The van der Waals surface area contributed by atoms with Gasteiger partial charge in [-0.1, -0.05) is 18.6 Å². The third-order valence-electron chi connectivity index (χ3n) is 4.56. The van der Waals surface area contributed by atoms with Gasteiger partial charge in [-0.3, -0.25) is 14.5 Å². The lowest BCUT2D eigenvalue weighted by Gasteiger charge is -2.33. The summed E-state index contributed by atoms with van der Waals surface area (Å²) in [6, 6.07) is 4.42. The number of carbonyl (C=O) groups is 2. The molecule has 26 heavy (non-hydrogen) atoms. The second-order valence-corrected chi connectivity index (χ2v) is 6.56. The number of rotatable bonds is 5. The molecule has 1 heterocycles. The Hall–Kier alpha value is -2.09. The molecule has 5 nitrogen and oxygen atoms in total. The van der Waals surface area contributed by atoms with Crippen molar-refractivity contribution < 1.29 is 22.8 Å². The van der Waals surface area contributed by atoms with Gasteiger partial charge < -0.3 is 10.2 Å². The smallest absolute Gasteiger partial charge is 0.335 e. The molecule has 1 aliphatic heterocycles. The first kappa shape index (κ1) is 20.2. The molecule has 144 valence electrons. The van der Waals surface area contributed by atoms with Crippen LogP contribution in [0.1, 0.15) is 31.7 Å². The zero-order valence-corrected chi connectivity index (χ0v) is 15.0. The maximum atomic E-state index is 13.0. The summed E-state index contributed by atoms with van der Waals surface area (Å²) in [5.41, 5.74) is -1.22. The normalized spacial score (nSPS) is 16.8. The molecule has 1 unspecified atom stereocenters. The summed E-state index contributed by atoms with van der Waals surface area (Å²) in [5, 5.41) is 2.25. The predicted octanol–water partition coefficient (Wildman–Crippen LogP) is 2.98. The Bertz CT molecular complexity index is 643. The Labute approximate surface area is 151 Å². The van der Waals surface area contributed by atoms with Crippen molar-refractivity contribution in [3.8, 4) is 0 Å². The lowest BCUT2D eigenvalue weighted by Crippen LogP contribution is -2.49. The first-order chi connectivity index (χ1) is 12.2. The molecule has 1 aromatic rings. The van der Waals surface area contributed by atoms with E-state index in [1.54, 1.807) is 6.92 Å². The fraction of sp³-hybridized carbons (Fsp3) is 0.556. The highest BCUT2D eigenvalue weighted by molar-refractivity contribution is 5.95. The lowest BCUT2D eigenvalue weighted by atomic mass is 10.1. The highest BCUT2D eigenvalue weighted by Crippen LogP contribution is 2.34. The molecule has 1 saturated heterocycles. The average molecular weight is 371 g/mol. The van der Waals surface area contributed by atoms with Crippen molar-refractivity contribution in [2.45, 2.75) is 38.4 Å². The van der Waals surface area contributed by atoms with Gasteiger partial charge in [-0.05, 0) is 45.0 Å². The number of hydrogen-bond donors (Lipinski definition) is 1. The molecule has 1 aromatic carbocycles. The van der Waals surface area contributed by atoms with Crippen molar-refractivity contribution in [2.24, 2.45) is 0 Å². The van der Waals surface area contributed by atoms with Crippen LogP contribution in [-0.2, 0) is 15.8 Å². The van der Waals surface area contributed by atoms with Crippen molar-refractivity contribution in [3.63, 3.8) is 0 Å². The first-order valence-electron chi connectivity index (χ1n) is 8.65. The van der Waals surface area contributed by atoms with Gasteiger partial charge in [0, 0.05) is 7.05 Å². The second-order valence-electron chi connectivity index (χ2n) is 6.56. The van der Waals surface area contributed by atoms with Crippen LogP contribution in [0.2, 0.25) is 0 Å². The van der Waals surface area contributed by atoms with E-state index in [0.717, 1.165) is 38.4 Å². The van der Waals surface area contributed by atoms with Crippen LogP contribution < -0.4 is 5.32 Å². The average Bonchev–Trinajstić information content (AvgIpc) is 2.60. The molecule has 1 N–H and O–H groups in total. The number of nitrogens with one attached hydrogen (secondary N) is 1. The number of likely N-dealkylation sites (tertiary alicyclic amines) is 1. The third kappa shape index (κ3) is 5.20. The van der Waals surface area contributed by atoms with Crippen LogP contribution in [0.3, 0.4) is 0 Å². The van der Waals surface area contributed by atoms with E-state index in [9.17, 15) is 22.8 Å². The fourth-order valence-electron chi connectivity index (χ4n) is 3.10. The number of nitrogens with zero attached hydrogens (tertiary/aromatic N) is 2. The summed E-state index contributed by atoms with van der Waals surface area (Å²) in [6.07, 6.45) is -1.34. The summed E-state index contributed by atoms with van der Waals surface area (Å²) in [6.45, 7) is 3.17. The number of halogens is 3. The monoisotopic (exact) mass is 371 g/mol. The molecule has 0 aliphatic carbocycles. The van der Waals surface area contributed by atoms with E-state index in [1.165, 1.54) is 30.1 Å². The zero-order chi connectivity index (χ0) is 19.3. The van der Waals surface area contributed by atoms with E-state index >= 15 is 0 Å². The SMILES string of the molecule is CC(C(=O)N(C)CC(=O)Nc1ccccc1C(F)(F)F)N1CCCCC1. The number of benzene rings is 1. The highest BCUT2D eigenvalue weighted by Gasteiger charge is 2.34. The standard InChI is InChI=1S/C18H24F3N3O2/c1-13(24-10-6-3-7-11-24)17(26)23(2)12-16(25)22-15-9-5-4-8-14(15)18(19,20)21/h4-5,8-9,13H,3,6-7,10-12H2,1-2H3,(H,22,25). The molecule has 0 radical (unpaired) electrons. The minimum atomic E-state index is -4.56. The van der Waals surface area contributed by atoms with Crippen molar-refractivity contribution in [1.82, 2.24) is 9.80 Å². The molecule has 0 saturated carbocycles. The van der Waals surface area contributed by atoms with Crippen LogP contribution in [0, 0.1) is 0 Å². The topological polar surface area (TPSA) is 52.7 Å². The second kappa shape index (κ2) is 8.53. The summed E-state index contributed by atoms with van der Waals surface area (Å²) in [5.74, 6) is -0.880. The lowest BCUT2D eigenvalue weighted by molar-refractivity contribution is -0.138. The maximum Gasteiger partial charge on any atom is 0.418 e. The number of carbonyl (C=O) groups excluding carboxylic acids is 2. The Kier molecular flexibility index (Phi) is 6.63. The molecular weight excluding hydrogens is 347 g/mol. The Balaban J connectivity index is 1.96. The number of amides is 2. The van der Waals surface area contributed by atoms with Crippen molar-refractivity contribution >= 4 is 17.5 Å². The molecular formula is C18H24F3N3O2. The van der Waals surface area contributed by atoms with Gasteiger partial charge in [-0.15, -0.1) is 0 Å². The van der Waals surface area contributed by atoms with Crippen LogP contribution in [0.5, 0.6) is 0 Å². The maximum absolute atomic E-state index is 13.0. The van der Waals surface area contributed by atoms with Gasteiger partial charge >= 0.3 is 6.18 Å². The number of hydrogen-bond acceptors (Lipinski definition) is 3. The van der Waals surface area contributed by atoms with Crippen molar-refractivity contribution in [3.05, 3.63) is 29.8 Å². The Morgan fingerprint density at radius 3 is 2.42 bits per heavy atom. The van der Waals surface area contributed by atoms with E-state index in [1.807, 2.05) is 0 Å². The van der Waals surface area contributed by atoms with Crippen LogP contribution in [0.25, 0.3) is 0 Å². The minimum Gasteiger partial charge on any atom is -0.335 e. The van der Waals surface area contributed by atoms with Crippen LogP contribution in [0.15, 0.2) is 24.3 Å². The number of piperidine rings is 1. The predicted molar refractivity (Wildman–Crippen MR) is 92.6 cm³/mol. The van der Waals surface area contributed by atoms with Gasteiger partial charge in [0.2, 0.25) is 11.8 Å². The quantitative estimate of drug-likeness (QED) is 0.866. The fourth-order valence-corrected chi connectivity index (χ4v) is 3.10. The molecule has 1 atom stereocenters. The molecule has 2 rings (SSSR count). The number of para-hydroxylation sites is 1. The Morgan fingerprint density at radius 2 is 1.81 bits per heavy atom. The summed E-state index contributed by atoms with van der Waals surface area (Å²) in [4.78, 5) is 27.9. The van der Waals surface area contributed by atoms with Gasteiger partial charge in [0.25, 0.3) is 0 Å². The number of likely N-dealkylation sites (N-methyl/N-ethyl adjacent to an activating group) is 1. The number of anilines is 1. The van der Waals surface area contributed by atoms with Gasteiger partial charge in [0.1, 0.15) is 0 Å². The summed E-state index contributed by atoms with van der Waals surface area (Å²) in [7, 11) is 1.48. The molecule has 1 aliphatic rings. The van der Waals surface area contributed by atoms with Gasteiger partial charge in [0.05, 0.1) is 23.8 Å². The van der Waals surface area contributed by atoms with E-state index in [2.05, 4.69) is 10.2 Å². The van der Waals surface area contributed by atoms with Crippen molar-refractivity contribution in [2.75, 3.05) is 32.0 Å². The molecule has 8 heteroatoms. The molecule has 1 fully saturated rings. The molecule has 0 bridgehead atoms. The van der Waals surface area contributed by atoms with Crippen molar-refractivity contribution in [1.29, 1.82) is 0 Å². The molecule has 0 spiro atoms. The van der Waals surface area contributed by atoms with E-state index in [4.69, 9.17) is 0 Å². The molecule has 2 amide bonds.